The number of amides is 2. The SMILES string of the molecule is COc1cn(CC(=O)NC[C@@H]2CCCO2)c(CN2CCN(C(=O)c3ccco3)CC2)cc1=O. The number of nitrogens with one attached hydrogen (secondary N) is 1. The third-order valence-corrected chi connectivity index (χ3v) is 6.04. The van der Waals surface area contributed by atoms with Crippen LogP contribution in [0.1, 0.15) is 29.1 Å². The number of ether oxygens (including phenoxy) is 2. The maximum atomic E-state index is 12.6. The van der Waals surface area contributed by atoms with Gasteiger partial charge in [0.1, 0.15) is 6.54 Å². The number of carbonyl (C=O) groups is 2. The van der Waals surface area contributed by atoms with Gasteiger partial charge in [0.25, 0.3) is 5.91 Å². The lowest BCUT2D eigenvalue weighted by Gasteiger charge is -2.34. The molecule has 2 fully saturated rings. The number of piperazine rings is 1. The fourth-order valence-electron chi connectivity index (χ4n) is 4.17. The number of nitrogens with zero attached hydrogens (tertiary/aromatic N) is 3. The molecule has 1 N–H and O–H groups in total. The number of aromatic nitrogens is 1. The molecule has 178 valence electrons. The summed E-state index contributed by atoms with van der Waals surface area (Å²) in [5, 5.41) is 2.92. The predicted octanol–water partition coefficient (Wildman–Crippen LogP) is 0.703. The molecular formula is C23H30N4O6. The van der Waals surface area contributed by atoms with E-state index in [1.165, 1.54) is 19.4 Å². The van der Waals surface area contributed by atoms with Crippen LogP contribution in [0, 0.1) is 0 Å². The molecule has 2 aromatic heterocycles. The number of rotatable bonds is 8. The van der Waals surface area contributed by atoms with E-state index in [0.717, 1.165) is 25.1 Å². The van der Waals surface area contributed by atoms with E-state index in [0.29, 0.717) is 45.0 Å². The van der Waals surface area contributed by atoms with E-state index in [9.17, 15) is 14.4 Å². The maximum Gasteiger partial charge on any atom is 0.289 e. The molecule has 2 aliphatic heterocycles. The molecule has 1 atom stereocenters. The summed E-state index contributed by atoms with van der Waals surface area (Å²) in [6.45, 7) is 4.20. The molecule has 0 bridgehead atoms. The van der Waals surface area contributed by atoms with E-state index in [1.54, 1.807) is 27.8 Å². The van der Waals surface area contributed by atoms with Crippen molar-refractivity contribution >= 4 is 11.8 Å². The second-order valence-electron chi connectivity index (χ2n) is 8.31. The molecule has 4 rings (SSSR count). The van der Waals surface area contributed by atoms with E-state index >= 15 is 0 Å². The van der Waals surface area contributed by atoms with Gasteiger partial charge in [-0.3, -0.25) is 19.3 Å². The Hall–Kier alpha value is -3.11. The highest BCUT2D eigenvalue weighted by molar-refractivity contribution is 5.91. The number of pyridine rings is 1. The normalized spacial score (nSPS) is 18.9. The molecule has 0 radical (unpaired) electrons. The van der Waals surface area contributed by atoms with Gasteiger partial charge in [0.05, 0.1) is 25.7 Å². The highest BCUT2D eigenvalue weighted by atomic mass is 16.5. The third-order valence-electron chi connectivity index (χ3n) is 6.04. The van der Waals surface area contributed by atoms with Gasteiger partial charge in [-0.2, -0.15) is 0 Å². The minimum Gasteiger partial charge on any atom is -0.491 e. The Bertz CT molecular complexity index is 1000. The molecule has 0 saturated carbocycles. The fourth-order valence-corrected chi connectivity index (χ4v) is 4.17. The topological polar surface area (TPSA) is 106 Å². The van der Waals surface area contributed by atoms with E-state index < -0.39 is 0 Å². The molecule has 0 aromatic carbocycles. The summed E-state index contributed by atoms with van der Waals surface area (Å²) >= 11 is 0. The van der Waals surface area contributed by atoms with Gasteiger partial charge < -0.3 is 28.7 Å². The van der Waals surface area contributed by atoms with Crippen molar-refractivity contribution in [2.45, 2.75) is 32.0 Å². The van der Waals surface area contributed by atoms with E-state index in [2.05, 4.69) is 10.2 Å². The summed E-state index contributed by atoms with van der Waals surface area (Å²) in [6.07, 6.45) is 5.11. The average molecular weight is 459 g/mol. The Labute approximate surface area is 192 Å². The summed E-state index contributed by atoms with van der Waals surface area (Å²) in [4.78, 5) is 41.3. The van der Waals surface area contributed by atoms with Crippen LogP contribution in [0.2, 0.25) is 0 Å². The van der Waals surface area contributed by atoms with Gasteiger partial charge in [-0.1, -0.05) is 0 Å². The van der Waals surface area contributed by atoms with Crippen LogP contribution in [0.4, 0.5) is 0 Å². The van der Waals surface area contributed by atoms with Crippen LogP contribution in [0.5, 0.6) is 5.75 Å². The van der Waals surface area contributed by atoms with Crippen molar-refractivity contribution in [1.82, 2.24) is 19.7 Å². The van der Waals surface area contributed by atoms with Gasteiger partial charge in [-0.25, -0.2) is 0 Å². The second kappa shape index (κ2) is 10.7. The van der Waals surface area contributed by atoms with Crippen molar-refractivity contribution in [2.75, 3.05) is 46.4 Å². The number of hydrogen-bond donors (Lipinski definition) is 1. The summed E-state index contributed by atoms with van der Waals surface area (Å²) in [6, 6.07) is 4.88. The molecule has 33 heavy (non-hydrogen) atoms. The average Bonchev–Trinajstić information content (AvgIpc) is 3.54. The monoisotopic (exact) mass is 458 g/mol. The van der Waals surface area contributed by atoms with Crippen LogP contribution in [0.3, 0.4) is 0 Å². The number of carbonyl (C=O) groups excluding carboxylic acids is 2. The number of furan rings is 1. The largest absolute Gasteiger partial charge is 0.491 e. The van der Waals surface area contributed by atoms with Crippen LogP contribution >= 0.6 is 0 Å². The molecule has 10 heteroatoms. The zero-order chi connectivity index (χ0) is 23.2. The zero-order valence-electron chi connectivity index (χ0n) is 18.8. The van der Waals surface area contributed by atoms with Gasteiger partial charge in [0.15, 0.2) is 11.5 Å². The third kappa shape index (κ3) is 5.82. The number of hydrogen-bond acceptors (Lipinski definition) is 7. The Morgan fingerprint density at radius 1 is 1.24 bits per heavy atom. The Morgan fingerprint density at radius 2 is 2.06 bits per heavy atom. The first-order chi connectivity index (χ1) is 16.0. The summed E-state index contributed by atoms with van der Waals surface area (Å²) in [5.74, 6) is 0.260. The Morgan fingerprint density at radius 3 is 2.73 bits per heavy atom. The van der Waals surface area contributed by atoms with Crippen molar-refractivity contribution in [1.29, 1.82) is 0 Å². The van der Waals surface area contributed by atoms with Crippen molar-refractivity contribution in [2.24, 2.45) is 0 Å². The first-order valence-corrected chi connectivity index (χ1v) is 11.2. The maximum absolute atomic E-state index is 12.6. The first-order valence-electron chi connectivity index (χ1n) is 11.2. The van der Waals surface area contributed by atoms with Gasteiger partial charge in [0.2, 0.25) is 11.3 Å². The van der Waals surface area contributed by atoms with Crippen LogP contribution in [-0.2, 0) is 22.6 Å². The van der Waals surface area contributed by atoms with Crippen molar-refractivity contribution < 1.29 is 23.5 Å². The van der Waals surface area contributed by atoms with Crippen LogP contribution < -0.4 is 15.5 Å². The molecule has 0 unspecified atom stereocenters. The highest BCUT2D eigenvalue weighted by Gasteiger charge is 2.24. The lowest BCUT2D eigenvalue weighted by Crippen LogP contribution is -2.48. The quantitative estimate of drug-likeness (QED) is 0.621. The molecule has 2 aromatic rings. The lowest BCUT2D eigenvalue weighted by atomic mass is 10.2. The summed E-state index contributed by atoms with van der Waals surface area (Å²) < 4.78 is 17.7. The van der Waals surface area contributed by atoms with Gasteiger partial charge in [-0.05, 0) is 25.0 Å². The highest BCUT2D eigenvalue weighted by Crippen LogP contribution is 2.14. The summed E-state index contributed by atoms with van der Waals surface area (Å²) in [7, 11) is 1.44. The van der Waals surface area contributed by atoms with E-state index in [1.807, 2.05) is 0 Å². The molecular weight excluding hydrogens is 428 g/mol. The molecule has 0 spiro atoms. The lowest BCUT2D eigenvalue weighted by molar-refractivity contribution is -0.122. The summed E-state index contributed by atoms with van der Waals surface area (Å²) in [5.41, 5.74) is 0.494. The zero-order valence-corrected chi connectivity index (χ0v) is 18.8. The minimum absolute atomic E-state index is 0.0668. The van der Waals surface area contributed by atoms with Gasteiger partial charge in [0, 0.05) is 57.6 Å². The fraction of sp³-hybridized carbons (Fsp3) is 0.522. The number of methoxy groups -OCH3 is 1. The first kappa shape index (κ1) is 23.1. The second-order valence-corrected chi connectivity index (χ2v) is 8.31. The van der Waals surface area contributed by atoms with Crippen molar-refractivity contribution in [3.63, 3.8) is 0 Å². The standard InChI is InChI=1S/C23H30N4O6/c1-31-21-15-27(16-22(29)24-13-18-4-2-10-32-18)17(12-19(21)28)14-25-6-8-26(9-7-25)23(30)20-5-3-11-33-20/h3,5,11-12,15,18H,2,4,6-10,13-14,16H2,1H3,(H,24,29)/t18-/m0/s1. The van der Waals surface area contributed by atoms with Crippen molar-refractivity contribution in [3.8, 4) is 5.75 Å². The Balaban J connectivity index is 1.38. The van der Waals surface area contributed by atoms with Crippen LogP contribution in [0.15, 0.2) is 39.9 Å². The molecule has 4 heterocycles. The van der Waals surface area contributed by atoms with E-state index in [-0.39, 0.29) is 35.6 Å². The van der Waals surface area contributed by atoms with Crippen LogP contribution in [-0.4, -0.2) is 78.7 Å². The van der Waals surface area contributed by atoms with Crippen molar-refractivity contribution in [3.05, 3.63) is 52.3 Å². The van der Waals surface area contributed by atoms with Gasteiger partial charge in [-0.15, -0.1) is 0 Å². The Kier molecular flexibility index (Phi) is 7.46. The molecule has 2 saturated heterocycles. The molecule has 2 amide bonds. The van der Waals surface area contributed by atoms with Gasteiger partial charge >= 0.3 is 0 Å². The molecule has 10 nitrogen and oxygen atoms in total. The molecule has 0 aliphatic carbocycles. The van der Waals surface area contributed by atoms with E-state index in [4.69, 9.17) is 13.9 Å². The predicted molar refractivity (Wildman–Crippen MR) is 119 cm³/mol. The minimum atomic E-state index is -0.227. The van der Waals surface area contributed by atoms with Crippen LogP contribution in [0.25, 0.3) is 0 Å². The molecule has 2 aliphatic rings. The smallest absolute Gasteiger partial charge is 0.289 e.